The Bertz CT molecular complexity index is 495. The number of rotatable bonds is 1. The molecule has 1 spiro atoms. The van der Waals surface area contributed by atoms with Crippen molar-refractivity contribution in [3.05, 3.63) is 16.1 Å². The summed E-state index contributed by atoms with van der Waals surface area (Å²) in [6.07, 6.45) is 2.01. The zero-order valence-electron chi connectivity index (χ0n) is 14.1. The Balaban J connectivity index is 0.000000847. The van der Waals surface area contributed by atoms with Crippen molar-refractivity contribution in [2.24, 2.45) is 0 Å². The van der Waals surface area contributed by atoms with E-state index < -0.39 is 0 Å². The Morgan fingerprint density at radius 1 is 1.32 bits per heavy atom. The fourth-order valence-corrected chi connectivity index (χ4v) is 3.56. The second kappa shape index (κ2) is 7.53. The fourth-order valence-electron chi connectivity index (χ4n) is 2.97. The molecule has 6 heteroatoms. The van der Waals surface area contributed by atoms with Gasteiger partial charge in [-0.1, -0.05) is 13.8 Å². The van der Waals surface area contributed by atoms with Gasteiger partial charge in [-0.3, -0.25) is 4.79 Å². The van der Waals surface area contributed by atoms with Crippen LogP contribution in [0.4, 0.5) is 0 Å². The number of carbonyl (C=O) groups is 1. The number of amides is 1. The summed E-state index contributed by atoms with van der Waals surface area (Å²) in [6.45, 7) is 10.0. The summed E-state index contributed by atoms with van der Waals surface area (Å²) >= 11 is 1.53. The van der Waals surface area contributed by atoms with Gasteiger partial charge in [0.2, 0.25) is 0 Å². The van der Waals surface area contributed by atoms with Gasteiger partial charge in [-0.15, -0.1) is 11.3 Å². The minimum atomic E-state index is -0.133. The Morgan fingerprint density at radius 2 is 2.00 bits per heavy atom. The maximum Gasteiger partial charge on any atom is 0.273 e. The first-order valence-corrected chi connectivity index (χ1v) is 9.00. The molecule has 3 heterocycles. The highest BCUT2D eigenvalue weighted by molar-refractivity contribution is 7.09. The van der Waals surface area contributed by atoms with Crippen molar-refractivity contribution in [1.82, 2.24) is 14.8 Å². The van der Waals surface area contributed by atoms with Crippen LogP contribution in [-0.4, -0.2) is 66.1 Å². The summed E-state index contributed by atoms with van der Waals surface area (Å²) in [7, 11) is 2.14. The predicted octanol–water partition coefficient (Wildman–Crippen LogP) is 2.41. The monoisotopic (exact) mass is 325 g/mol. The Labute approximate surface area is 137 Å². The van der Waals surface area contributed by atoms with Crippen LogP contribution in [0.5, 0.6) is 0 Å². The molecule has 124 valence electrons. The second-order valence-electron chi connectivity index (χ2n) is 5.81. The van der Waals surface area contributed by atoms with Crippen molar-refractivity contribution in [2.45, 2.75) is 39.2 Å². The second-order valence-corrected chi connectivity index (χ2v) is 6.88. The number of hydrogen-bond acceptors (Lipinski definition) is 5. The lowest BCUT2D eigenvalue weighted by molar-refractivity contribution is -0.125. The van der Waals surface area contributed by atoms with Crippen molar-refractivity contribution in [3.63, 3.8) is 0 Å². The number of carbonyl (C=O) groups excluding carboxylic acids is 1. The molecule has 1 aromatic heterocycles. The topological polar surface area (TPSA) is 45.7 Å². The molecular weight excluding hydrogens is 298 g/mol. The molecule has 2 fully saturated rings. The van der Waals surface area contributed by atoms with Crippen molar-refractivity contribution < 1.29 is 9.53 Å². The van der Waals surface area contributed by atoms with Crippen molar-refractivity contribution >= 4 is 17.2 Å². The molecule has 1 aromatic rings. The predicted molar refractivity (Wildman–Crippen MR) is 89.5 cm³/mol. The lowest BCUT2D eigenvalue weighted by atomic mass is 9.89. The number of piperidine rings is 1. The zero-order valence-corrected chi connectivity index (χ0v) is 14.9. The highest BCUT2D eigenvalue weighted by atomic mass is 32.1. The van der Waals surface area contributed by atoms with Crippen LogP contribution in [0.15, 0.2) is 5.38 Å². The van der Waals surface area contributed by atoms with Crippen molar-refractivity contribution in [3.8, 4) is 0 Å². The van der Waals surface area contributed by atoms with Crippen LogP contribution in [0.1, 0.15) is 42.2 Å². The molecule has 22 heavy (non-hydrogen) atoms. The first-order valence-electron chi connectivity index (χ1n) is 8.12. The van der Waals surface area contributed by atoms with E-state index in [4.69, 9.17) is 4.74 Å². The fraction of sp³-hybridized carbons (Fsp3) is 0.750. The summed E-state index contributed by atoms with van der Waals surface area (Å²) < 4.78 is 6.04. The van der Waals surface area contributed by atoms with E-state index >= 15 is 0 Å². The molecule has 0 atom stereocenters. The van der Waals surface area contributed by atoms with Gasteiger partial charge in [-0.2, -0.15) is 0 Å². The molecule has 0 saturated carbocycles. The van der Waals surface area contributed by atoms with Gasteiger partial charge in [0.05, 0.1) is 23.8 Å². The number of aryl methyl sites for hydroxylation is 1. The Morgan fingerprint density at radius 3 is 2.59 bits per heavy atom. The minimum Gasteiger partial charge on any atom is -0.371 e. The number of nitrogens with zero attached hydrogens (tertiary/aromatic N) is 3. The van der Waals surface area contributed by atoms with Crippen molar-refractivity contribution in [1.29, 1.82) is 0 Å². The third-order valence-corrected chi connectivity index (χ3v) is 5.05. The summed E-state index contributed by atoms with van der Waals surface area (Å²) in [5, 5.41) is 2.80. The van der Waals surface area contributed by atoms with E-state index in [1.54, 1.807) is 0 Å². The standard InChI is InChI=1S/C14H21N3O2S.C2H6/c1-11-15-12(9-20-11)13(18)17-7-8-19-14(10-17)3-5-16(2)6-4-14;1-2/h9H,3-8,10H2,1-2H3;1-2H3. The van der Waals surface area contributed by atoms with Gasteiger partial charge in [0, 0.05) is 25.0 Å². The molecule has 0 N–H and O–H groups in total. The first kappa shape index (κ1) is 17.4. The quantitative estimate of drug-likeness (QED) is 0.795. The Kier molecular flexibility index (Phi) is 5.94. The van der Waals surface area contributed by atoms with Crippen LogP contribution >= 0.6 is 11.3 Å². The summed E-state index contributed by atoms with van der Waals surface area (Å²) in [5.74, 6) is 0.0518. The van der Waals surface area contributed by atoms with Gasteiger partial charge >= 0.3 is 0 Å². The highest BCUT2D eigenvalue weighted by Crippen LogP contribution is 2.30. The van der Waals surface area contributed by atoms with Gasteiger partial charge in [0.15, 0.2) is 0 Å². The van der Waals surface area contributed by atoms with E-state index in [0.717, 1.165) is 30.9 Å². The molecule has 2 aliphatic rings. The molecular formula is C16H27N3O2S. The molecule has 0 radical (unpaired) electrons. The Hall–Kier alpha value is -0.980. The largest absolute Gasteiger partial charge is 0.371 e. The lowest BCUT2D eigenvalue weighted by Gasteiger charge is -2.46. The van der Waals surface area contributed by atoms with E-state index in [1.807, 2.05) is 31.1 Å². The minimum absolute atomic E-state index is 0.0518. The maximum absolute atomic E-state index is 12.5. The smallest absolute Gasteiger partial charge is 0.273 e. The highest BCUT2D eigenvalue weighted by Gasteiger charge is 2.40. The molecule has 0 aromatic carbocycles. The van der Waals surface area contributed by atoms with Gasteiger partial charge in [-0.25, -0.2) is 4.98 Å². The lowest BCUT2D eigenvalue weighted by Crippen LogP contribution is -2.57. The van der Waals surface area contributed by atoms with Crippen LogP contribution in [0.2, 0.25) is 0 Å². The number of thiazole rings is 1. The number of likely N-dealkylation sites (tertiary alicyclic amines) is 1. The van der Waals surface area contributed by atoms with E-state index in [9.17, 15) is 4.79 Å². The summed E-state index contributed by atoms with van der Waals surface area (Å²) in [4.78, 5) is 21.1. The van der Waals surface area contributed by atoms with Crippen LogP contribution in [0, 0.1) is 6.92 Å². The van der Waals surface area contributed by atoms with Crippen LogP contribution in [0.3, 0.4) is 0 Å². The van der Waals surface area contributed by atoms with Crippen LogP contribution in [-0.2, 0) is 4.74 Å². The molecule has 2 aliphatic heterocycles. The molecule has 3 rings (SSSR count). The van der Waals surface area contributed by atoms with E-state index in [1.165, 1.54) is 11.3 Å². The molecule has 5 nitrogen and oxygen atoms in total. The number of ether oxygens (including phenoxy) is 1. The molecule has 0 bridgehead atoms. The van der Waals surface area contributed by atoms with Gasteiger partial charge in [-0.05, 0) is 26.8 Å². The number of aromatic nitrogens is 1. The van der Waals surface area contributed by atoms with E-state index in [2.05, 4.69) is 16.9 Å². The van der Waals surface area contributed by atoms with Crippen LogP contribution < -0.4 is 0 Å². The third kappa shape index (κ3) is 3.86. The van der Waals surface area contributed by atoms with Gasteiger partial charge in [0.1, 0.15) is 5.69 Å². The van der Waals surface area contributed by atoms with Gasteiger partial charge in [0.25, 0.3) is 5.91 Å². The average Bonchev–Trinajstić information content (AvgIpc) is 2.98. The van der Waals surface area contributed by atoms with E-state index in [0.29, 0.717) is 25.4 Å². The first-order chi connectivity index (χ1) is 10.6. The molecule has 1 amide bonds. The molecule has 0 aliphatic carbocycles. The van der Waals surface area contributed by atoms with Gasteiger partial charge < -0.3 is 14.5 Å². The average molecular weight is 325 g/mol. The molecule has 2 saturated heterocycles. The van der Waals surface area contributed by atoms with Crippen molar-refractivity contribution in [2.75, 3.05) is 39.8 Å². The maximum atomic E-state index is 12.5. The SMILES string of the molecule is CC.Cc1nc(C(=O)N2CCOC3(CCN(C)CC3)C2)cs1. The number of hydrogen-bond donors (Lipinski definition) is 0. The normalized spacial score (nSPS) is 21.4. The summed E-state index contributed by atoms with van der Waals surface area (Å²) in [6, 6.07) is 0. The third-order valence-electron chi connectivity index (χ3n) is 4.27. The number of morpholine rings is 1. The van der Waals surface area contributed by atoms with E-state index in [-0.39, 0.29) is 11.5 Å². The zero-order chi connectivity index (χ0) is 16.2. The summed E-state index contributed by atoms with van der Waals surface area (Å²) in [5.41, 5.74) is 0.448. The van der Waals surface area contributed by atoms with Crippen LogP contribution in [0.25, 0.3) is 0 Å². The molecule has 0 unspecified atom stereocenters.